The number of nitrogens with one attached hydrogen (secondary N) is 1. The molecule has 4 nitrogen and oxygen atoms in total. The minimum Gasteiger partial charge on any atom is -0.384 e. The van der Waals surface area contributed by atoms with Gasteiger partial charge in [0.1, 0.15) is 5.82 Å². The van der Waals surface area contributed by atoms with Crippen molar-refractivity contribution >= 4 is 17.4 Å². The topological polar surface area (TPSA) is 68.0 Å². The average molecular weight is 253 g/mol. The van der Waals surface area contributed by atoms with Crippen molar-refractivity contribution in [2.45, 2.75) is 12.3 Å². The summed E-state index contributed by atoms with van der Waals surface area (Å²) in [6.45, 7) is 0. The summed E-state index contributed by atoms with van der Waals surface area (Å²) in [6.07, 6.45) is 2.49. The van der Waals surface area contributed by atoms with Crippen LogP contribution in [0, 0.1) is 5.92 Å². The van der Waals surface area contributed by atoms with Gasteiger partial charge < -0.3 is 11.1 Å². The summed E-state index contributed by atoms with van der Waals surface area (Å²) in [5.41, 5.74) is 7.43. The van der Waals surface area contributed by atoms with Crippen LogP contribution in [-0.4, -0.2) is 10.9 Å². The number of hydrogen-bond acceptors (Lipinski definition) is 3. The van der Waals surface area contributed by atoms with Crippen molar-refractivity contribution < 1.29 is 4.79 Å². The molecule has 2 atom stereocenters. The molecule has 1 saturated carbocycles. The van der Waals surface area contributed by atoms with Crippen LogP contribution in [0.4, 0.5) is 11.5 Å². The zero-order chi connectivity index (χ0) is 13.2. The van der Waals surface area contributed by atoms with E-state index in [4.69, 9.17) is 5.73 Å². The highest BCUT2D eigenvalue weighted by molar-refractivity contribution is 5.95. The van der Waals surface area contributed by atoms with Gasteiger partial charge in [0.05, 0.1) is 11.9 Å². The number of rotatable bonds is 3. The van der Waals surface area contributed by atoms with Gasteiger partial charge in [-0.2, -0.15) is 0 Å². The number of nitrogens with two attached hydrogens (primary N) is 1. The second-order valence-electron chi connectivity index (χ2n) is 4.82. The van der Waals surface area contributed by atoms with Gasteiger partial charge in [0.25, 0.3) is 0 Å². The van der Waals surface area contributed by atoms with Gasteiger partial charge in [0, 0.05) is 5.92 Å². The number of benzene rings is 1. The lowest BCUT2D eigenvalue weighted by Gasteiger charge is -2.04. The molecule has 1 heterocycles. The van der Waals surface area contributed by atoms with Gasteiger partial charge in [-0.25, -0.2) is 4.98 Å². The number of anilines is 2. The number of nitrogen functional groups attached to an aromatic ring is 1. The van der Waals surface area contributed by atoms with E-state index in [9.17, 15) is 4.79 Å². The summed E-state index contributed by atoms with van der Waals surface area (Å²) in [7, 11) is 0. The van der Waals surface area contributed by atoms with E-state index in [-0.39, 0.29) is 11.8 Å². The Bertz CT molecular complexity index is 580. The molecule has 2 aromatic rings. The fourth-order valence-corrected chi connectivity index (χ4v) is 2.27. The lowest BCUT2D eigenvalue weighted by atomic mass is 10.1. The predicted octanol–water partition coefficient (Wildman–Crippen LogP) is 2.41. The van der Waals surface area contributed by atoms with Crippen LogP contribution in [0.1, 0.15) is 17.9 Å². The van der Waals surface area contributed by atoms with Gasteiger partial charge >= 0.3 is 0 Å². The third-order valence-electron chi connectivity index (χ3n) is 3.41. The molecule has 0 saturated heterocycles. The van der Waals surface area contributed by atoms with E-state index in [1.807, 2.05) is 18.2 Å². The Morgan fingerprint density at radius 1 is 1.21 bits per heavy atom. The number of carbonyl (C=O) groups is 1. The maximum Gasteiger partial charge on any atom is 0.228 e. The molecular formula is C15H15N3O. The van der Waals surface area contributed by atoms with Crippen molar-refractivity contribution in [2.24, 2.45) is 5.92 Å². The van der Waals surface area contributed by atoms with Crippen molar-refractivity contribution in [1.82, 2.24) is 4.98 Å². The Labute approximate surface area is 111 Å². The van der Waals surface area contributed by atoms with Crippen LogP contribution >= 0.6 is 0 Å². The summed E-state index contributed by atoms with van der Waals surface area (Å²) in [6, 6.07) is 13.6. The van der Waals surface area contributed by atoms with Crippen LogP contribution in [-0.2, 0) is 4.79 Å². The molecule has 2 unspecified atom stereocenters. The normalized spacial score (nSPS) is 20.8. The zero-order valence-electron chi connectivity index (χ0n) is 10.4. The van der Waals surface area contributed by atoms with Gasteiger partial charge in [-0.15, -0.1) is 0 Å². The van der Waals surface area contributed by atoms with Crippen LogP contribution in [0.5, 0.6) is 0 Å². The largest absolute Gasteiger partial charge is 0.384 e. The molecule has 19 heavy (non-hydrogen) atoms. The summed E-state index contributed by atoms with van der Waals surface area (Å²) < 4.78 is 0. The molecule has 1 amide bonds. The van der Waals surface area contributed by atoms with Gasteiger partial charge in [0.2, 0.25) is 5.91 Å². The van der Waals surface area contributed by atoms with E-state index in [2.05, 4.69) is 22.4 Å². The monoisotopic (exact) mass is 253 g/mol. The predicted molar refractivity (Wildman–Crippen MR) is 74.6 cm³/mol. The quantitative estimate of drug-likeness (QED) is 0.882. The second kappa shape index (κ2) is 4.72. The van der Waals surface area contributed by atoms with Crippen LogP contribution in [0.3, 0.4) is 0 Å². The molecule has 1 aromatic carbocycles. The molecule has 1 aromatic heterocycles. The SMILES string of the molecule is Nc1ccc(NC(=O)C2CC2c2ccccc2)cn1. The van der Waals surface area contributed by atoms with Crippen LogP contribution in [0.25, 0.3) is 0 Å². The lowest BCUT2D eigenvalue weighted by Crippen LogP contribution is -2.14. The number of amides is 1. The summed E-state index contributed by atoms with van der Waals surface area (Å²) in [4.78, 5) is 16.0. The number of nitrogens with zero attached hydrogens (tertiary/aromatic N) is 1. The third-order valence-corrected chi connectivity index (χ3v) is 3.41. The molecule has 0 spiro atoms. The fourth-order valence-electron chi connectivity index (χ4n) is 2.27. The number of aromatic nitrogens is 1. The Balaban J connectivity index is 1.63. The molecule has 1 aliphatic carbocycles. The van der Waals surface area contributed by atoms with Crippen LogP contribution in [0.15, 0.2) is 48.7 Å². The molecule has 3 rings (SSSR count). The first-order chi connectivity index (χ1) is 9.24. The molecule has 1 fully saturated rings. The standard InChI is InChI=1S/C15H15N3O/c16-14-7-6-11(9-17-14)18-15(19)13-8-12(13)10-4-2-1-3-5-10/h1-7,9,12-13H,8H2,(H2,16,17)(H,18,19). The molecule has 1 aliphatic rings. The molecule has 96 valence electrons. The van der Waals surface area contributed by atoms with E-state index in [0.29, 0.717) is 17.4 Å². The highest BCUT2D eigenvalue weighted by atomic mass is 16.2. The summed E-state index contributed by atoms with van der Waals surface area (Å²) in [5.74, 6) is 0.926. The van der Waals surface area contributed by atoms with E-state index < -0.39 is 0 Å². The minimum absolute atomic E-state index is 0.0559. The van der Waals surface area contributed by atoms with Crippen molar-refractivity contribution in [1.29, 1.82) is 0 Å². The number of pyridine rings is 1. The minimum atomic E-state index is 0.0559. The van der Waals surface area contributed by atoms with Crippen molar-refractivity contribution in [2.75, 3.05) is 11.1 Å². The maximum atomic E-state index is 12.1. The maximum absolute atomic E-state index is 12.1. The first-order valence-electron chi connectivity index (χ1n) is 6.31. The Morgan fingerprint density at radius 2 is 2.00 bits per heavy atom. The summed E-state index contributed by atoms with van der Waals surface area (Å²) in [5, 5.41) is 2.87. The van der Waals surface area contributed by atoms with Gasteiger partial charge in [0.15, 0.2) is 0 Å². The van der Waals surface area contributed by atoms with Crippen molar-refractivity contribution in [3.63, 3.8) is 0 Å². The van der Waals surface area contributed by atoms with Crippen molar-refractivity contribution in [3.05, 3.63) is 54.2 Å². The molecule has 0 aliphatic heterocycles. The third kappa shape index (κ3) is 2.57. The fraction of sp³-hybridized carbons (Fsp3) is 0.200. The van der Waals surface area contributed by atoms with Crippen LogP contribution < -0.4 is 11.1 Å². The molecule has 3 N–H and O–H groups in total. The number of hydrogen-bond donors (Lipinski definition) is 2. The van der Waals surface area contributed by atoms with E-state index in [0.717, 1.165) is 6.42 Å². The van der Waals surface area contributed by atoms with Gasteiger partial charge in [-0.3, -0.25) is 4.79 Å². The van der Waals surface area contributed by atoms with E-state index in [1.54, 1.807) is 18.3 Å². The summed E-state index contributed by atoms with van der Waals surface area (Å²) >= 11 is 0. The first kappa shape index (κ1) is 11.7. The van der Waals surface area contributed by atoms with Gasteiger partial charge in [-0.1, -0.05) is 30.3 Å². The zero-order valence-corrected chi connectivity index (χ0v) is 10.4. The Morgan fingerprint density at radius 3 is 2.68 bits per heavy atom. The van der Waals surface area contributed by atoms with E-state index >= 15 is 0 Å². The average Bonchev–Trinajstić information content (AvgIpc) is 3.23. The van der Waals surface area contributed by atoms with E-state index in [1.165, 1.54) is 5.56 Å². The van der Waals surface area contributed by atoms with Gasteiger partial charge in [-0.05, 0) is 30.0 Å². The lowest BCUT2D eigenvalue weighted by molar-refractivity contribution is -0.117. The van der Waals surface area contributed by atoms with Crippen LogP contribution in [0.2, 0.25) is 0 Å². The highest BCUT2D eigenvalue weighted by Crippen LogP contribution is 2.47. The molecule has 4 heteroatoms. The Hall–Kier alpha value is -2.36. The molecule has 0 bridgehead atoms. The smallest absolute Gasteiger partial charge is 0.228 e. The number of carbonyl (C=O) groups excluding carboxylic acids is 1. The van der Waals surface area contributed by atoms with Crippen molar-refractivity contribution in [3.8, 4) is 0 Å². The molecular weight excluding hydrogens is 238 g/mol. The molecule has 0 radical (unpaired) electrons. The first-order valence-corrected chi connectivity index (χ1v) is 6.31. The second-order valence-corrected chi connectivity index (χ2v) is 4.82. The Kier molecular flexibility index (Phi) is 2.91. The highest BCUT2D eigenvalue weighted by Gasteiger charge is 2.43.